The molecule has 2 aliphatic rings. The Morgan fingerprint density at radius 1 is 0.935 bits per heavy atom. The third-order valence-electron chi connectivity index (χ3n) is 8.82. The maximum atomic E-state index is 13.3. The lowest BCUT2D eigenvalue weighted by Crippen LogP contribution is -2.57. The molecular weight excluding hydrogens is 646 g/mol. The molecule has 1 aliphatic carbocycles. The van der Waals surface area contributed by atoms with Crippen molar-refractivity contribution < 1.29 is 17.9 Å². The predicted molar refractivity (Wildman–Crippen MR) is 186 cm³/mol. The number of aliphatic hydroxyl groups excluding tert-OH is 1. The van der Waals surface area contributed by atoms with E-state index in [0.29, 0.717) is 17.9 Å². The molecule has 3 N–H and O–H groups in total. The number of nitrogens with one attached hydrogen (secondary N) is 2. The van der Waals surface area contributed by atoms with Crippen LogP contribution in [0.3, 0.4) is 0 Å². The normalized spacial score (nSPS) is 21.4. The van der Waals surface area contributed by atoms with Gasteiger partial charge < -0.3 is 15.7 Å². The highest BCUT2D eigenvalue weighted by atomic mass is 35.5. The summed E-state index contributed by atoms with van der Waals surface area (Å²) < 4.78 is 39.4. The molecule has 46 heavy (non-hydrogen) atoms. The molecule has 0 spiro atoms. The van der Waals surface area contributed by atoms with Crippen molar-refractivity contribution in [3.8, 4) is 11.3 Å². The Labute approximate surface area is 283 Å². The van der Waals surface area contributed by atoms with Gasteiger partial charge in [0.15, 0.2) is 9.84 Å². The minimum Gasteiger partial charge on any atom is -0.391 e. The molecule has 1 aromatic heterocycles. The van der Waals surface area contributed by atoms with E-state index in [1.54, 1.807) is 18.2 Å². The van der Waals surface area contributed by atoms with Crippen LogP contribution in [0.2, 0.25) is 0 Å². The van der Waals surface area contributed by atoms with Crippen LogP contribution in [-0.4, -0.2) is 47.1 Å². The molecule has 3 aromatic carbocycles. The SMILES string of the molecule is CC(C)(C)c1cccc(C2(N[C@H]3CS(=O)(=O)C[C@@H](Cc4ccc(Nc5cc(-c6ccc(F)cc6)ncn5)cc4)[C@@H]3O)CC2)c1.Cl.Cl. The summed E-state index contributed by atoms with van der Waals surface area (Å²) in [5, 5.41) is 18.3. The van der Waals surface area contributed by atoms with Gasteiger partial charge in [-0.25, -0.2) is 22.8 Å². The Morgan fingerprint density at radius 3 is 2.28 bits per heavy atom. The lowest BCUT2D eigenvalue weighted by molar-refractivity contribution is 0.0720. The summed E-state index contributed by atoms with van der Waals surface area (Å²) in [6.45, 7) is 6.56. The van der Waals surface area contributed by atoms with Crippen LogP contribution >= 0.6 is 24.8 Å². The number of rotatable bonds is 8. The van der Waals surface area contributed by atoms with E-state index in [1.165, 1.54) is 24.0 Å². The van der Waals surface area contributed by atoms with Crippen molar-refractivity contribution >= 4 is 46.2 Å². The number of anilines is 2. The zero-order valence-electron chi connectivity index (χ0n) is 26.1. The Balaban J connectivity index is 0.00000240. The Hall–Kier alpha value is -3.08. The van der Waals surface area contributed by atoms with E-state index in [2.05, 4.69) is 65.6 Å². The highest BCUT2D eigenvalue weighted by Gasteiger charge is 2.49. The lowest BCUT2D eigenvalue weighted by atomic mass is 9.85. The number of aromatic nitrogens is 2. The first kappa shape index (κ1) is 35.8. The maximum Gasteiger partial charge on any atom is 0.152 e. The molecule has 0 bridgehead atoms. The Kier molecular flexibility index (Phi) is 10.9. The van der Waals surface area contributed by atoms with Gasteiger partial charge in [-0.2, -0.15) is 0 Å². The van der Waals surface area contributed by atoms with Crippen LogP contribution in [0.4, 0.5) is 15.9 Å². The summed E-state index contributed by atoms with van der Waals surface area (Å²) in [4.78, 5) is 8.59. The van der Waals surface area contributed by atoms with Gasteiger partial charge in [0.1, 0.15) is 18.0 Å². The summed E-state index contributed by atoms with van der Waals surface area (Å²) in [6, 6.07) is 23.6. The summed E-state index contributed by atoms with van der Waals surface area (Å²) in [5.41, 5.74) is 5.33. The van der Waals surface area contributed by atoms with E-state index >= 15 is 0 Å². The van der Waals surface area contributed by atoms with Crippen LogP contribution in [0.1, 0.15) is 50.3 Å². The fraction of sp³-hybridized carbons (Fsp3) is 0.371. The van der Waals surface area contributed by atoms with Crippen molar-refractivity contribution in [1.82, 2.24) is 15.3 Å². The first-order chi connectivity index (χ1) is 20.9. The number of halogens is 3. The van der Waals surface area contributed by atoms with Crippen LogP contribution in [0, 0.1) is 11.7 Å². The Morgan fingerprint density at radius 2 is 1.63 bits per heavy atom. The number of benzene rings is 3. The van der Waals surface area contributed by atoms with Crippen molar-refractivity contribution in [3.63, 3.8) is 0 Å². The molecule has 4 aromatic rings. The zero-order valence-corrected chi connectivity index (χ0v) is 28.6. The molecule has 246 valence electrons. The third-order valence-corrected chi connectivity index (χ3v) is 10.6. The predicted octanol–water partition coefficient (Wildman–Crippen LogP) is 6.76. The largest absolute Gasteiger partial charge is 0.391 e. The van der Waals surface area contributed by atoms with Crippen molar-refractivity contribution in [1.29, 1.82) is 0 Å². The van der Waals surface area contributed by atoms with Gasteiger partial charge in [0, 0.05) is 34.8 Å². The van der Waals surface area contributed by atoms with E-state index in [4.69, 9.17) is 0 Å². The smallest absolute Gasteiger partial charge is 0.152 e. The van der Waals surface area contributed by atoms with E-state index in [0.717, 1.165) is 35.2 Å². The van der Waals surface area contributed by atoms with Gasteiger partial charge in [-0.1, -0.05) is 57.2 Å². The number of nitrogens with zero attached hydrogens (tertiary/aromatic N) is 2. The number of hydrogen-bond donors (Lipinski definition) is 3. The first-order valence-corrected chi connectivity index (χ1v) is 16.9. The average molecular weight is 688 g/mol. The topological polar surface area (TPSA) is 104 Å². The lowest BCUT2D eigenvalue weighted by Gasteiger charge is -2.38. The van der Waals surface area contributed by atoms with Gasteiger partial charge in [-0.3, -0.25) is 0 Å². The second-order valence-corrected chi connectivity index (χ2v) is 15.5. The van der Waals surface area contributed by atoms with Crippen molar-refractivity contribution in [2.45, 2.75) is 63.1 Å². The molecule has 1 saturated carbocycles. The van der Waals surface area contributed by atoms with Gasteiger partial charge >= 0.3 is 0 Å². The standard InChI is InChI=1S/C35H39FN4O3S.2ClH/c1-34(2,3)26-5-4-6-27(18-26)35(15-16-35)40-31-21-44(42,43)20-25(33(31)41)17-23-7-13-29(14-8-23)39-32-19-30(37-22-38-32)24-9-11-28(36)12-10-24;;/h4-14,18-19,22,25,31,33,40-41H,15-17,20-21H2,1-3H3,(H,37,38,39);2*1H/t25-,31+,33+;;/m1../s1. The molecule has 1 aliphatic heterocycles. The van der Waals surface area contributed by atoms with Crippen LogP contribution in [0.25, 0.3) is 11.3 Å². The molecule has 0 amide bonds. The highest BCUT2D eigenvalue weighted by Crippen LogP contribution is 2.47. The number of aliphatic hydroxyl groups is 1. The second-order valence-electron chi connectivity index (χ2n) is 13.3. The van der Waals surface area contributed by atoms with Gasteiger partial charge in [0.05, 0.1) is 23.3 Å². The fourth-order valence-electron chi connectivity index (χ4n) is 6.16. The van der Waals surface area contributed by atoms with Gasteiger partial charge in [-0.05, 0) is 77.8 Å². The fourth-order valence-corrected chi connectivity index (χ4v) is 8.09. The molecule has 6 rings (SSSR count). The van der Waals surface area contributed by atoms with Crippen molar-refractivity contribution in [3.05, 3.63) is 108 Å². The van der Waals surface area contributed by atoms with Crippen LogP contribution in [0.5, 0.6) is 0 Å². The molecule has 1 saturated heterocycles. The monoisotopic (exact) mass is 686 g/mol. The van der Waals surface area contributed by atoms with E-state index in [-0.39, 0.29) is 53.1 Å². The molecule has 7 nitrogen and oxygen atoms in total. The molecule has 2 fully saturated rings. The number of sulfone groups is 1. The highest BCUT2D eigenvalue weighted by molar-refractivity contribution is 7.91. The van der Waals surface area contributed by atoms with Crippen LogP contribution < -0.4 is 10.6 Å². The Bertz CT molecular complexity index is 1750. The molecule has 0 radical (unpaired) electrons. The third kappa shape index (κ3) is 8.25. The average Bonchev–Trinajstić information content (AvgIpc) is 3.77. The summed E-state index contributed by atoms with van der Waals surface area (Å²) in [5.74, 6) is -0.224. The van der Waals surface area contributed by atoms with Crippen molar-refractivity contribution in [2.24, 2.45) is 5.92 Å². The van der Waals surface area contributed by atoms with E-state index < -0.39 is 27.9 Å². The first-order valence-electron chi connectivity index (χ1n) is 15.1. The minimum absolute atomic E-state index is 0. The second kappa shape index (κ2) is 14.0. The van der Waals surface area contributed by atoms with Crippen molar-refractivity contribution in [2.75, 3.05) is 16.8 Å². The summed E-state index contributed by atoms with van der Waals surface area (Å²) in [7, 11) is -3.34. The van der Waals surface area contributed by atoms with Gasteiger partial charge in [0.25, 0.3) is 0 Å². The van der Waals surface area contributed by atoms with E-state index in [9.17, 15) is 17.9 Å². The quantitative estimate of drug-likeness (QED) is 0.188. The molecular formula is C35H41Cl2FN4O3S. The van der Waals surface area contributed by atoms with Gasteiger partial charge in [-0.15, -0.1) is 24.8 Å². The number of hydrogen-bond acceptors (Lipinski definition) is 7. The molecule has 11 heteroatoms. The van der Waals surface area contributed by atoms with Crippen LogP contribution in [0.15, 0.2) is 85.2 Å². The minimum atomic E-state index is -3.34. The van der Waals surface area contributed by atoms with Crippen LogP contribution in [-0.2, 0) is 27.2 Å². The molecule has 2 heterocycles. The summed E-state index contributed by atoms with van der Waals surface area (Å²) in [6.07, 6.45) is 2.96. The summed E-state index contributed by atoms with van der Waals surface area (Å²) >= 11 is 0. The van der Waals surface area contributed by atoms with E-state index in [1.807, 2.05) is 24.3 Å². The maximum absolute atomic E-state index is 13.3. The zero-order chi connectivity index (χ0) is 31.1. The van der Waals surface area contributed by atoms with Gasteiger partial charge in [0.2, 0.25) is 0 Å². The molecule has 0 unspecified atom stereocenters. The molecule has 3 atom stereocenters.